The van der Waals surface area contributed by atoms with Crippen molar-refractivity contribution in [3.05, 3.63) is 16.1 Å². The van der Waals surface area contributed by atoms with Gasteiger partial charge in [-0.15, -0.1) is 11.3 Å². The van der Waals surface area contributed by atoms with Gasteiger partial charge in [-0.1, -0.05) is 6.92 Å². The lowest BCUT2D eigenvalue weighted by Gasteiger charge is -2.04. The molecule has 6 heteroatoms. The van der Waals surface area contributed by atoms with Crippen LogP contribution in [0.3, 0.4) is 0 Å². The molecule has 1 rings (SSSR count). The minimum atomic E-state index is -3.04. The molecule has 0 atom stereocenters. The van der Waals surface area contributed by atoms with Crippen LogP contribution in [-0.4, -0.2) is 25.2 Å². The molecule has 1 aromatic heterocycles. The number of thiazole rings is 1. The minimum Gasteiger partial charge on any atom is -0.312 e. The summed E-state index contributed by atoms with van der Waals surface area (Å²) in [5.74, 6) is 0.0586. The van der Waals surface area contributed by atoms with Gasteiger partial charge in [-0.05, 0) is 26.8 Å². The van der Waals surface area contributed by atoms with Gasteiger partial charge in [0.1, 0.15) is 10.8 Å². The summed E-state index contributed by atoms with van der Waals surface area (Å²) in [4.78, 5) is 5.25. The van der Waals surface area contributed by atoms with Crippen molar-refractivity contribution in [3.8, 4) is 0 Å². The zero-order chi connectivity index (χ0) is 12.9. The van der Waals surface area contributed by atoms with Crippen molar-refractivity contribution in [1.82, 2.24) is 10.3 Å². The molecule has 0 aliphatic carbocycles. The van der Waals surface area contributed by atoms with Gasteiger partial charge in [0.2, 0.25) is 0 Å². The van der Waals surface area contributed by atoms with Gasteiger partial charge in [0.15, 0.2) is 9.84 Å². The lowest BCUT2D eigenvalue weighted by molar-refractivity contribution is 0.586. The maximum atomic E-state index is 11.7. The molecule has 0 unspecified atom stereocenters. The van der Waals surface area contributed by atoms with Crippen molar-refractivity contribution < 1.29 is 8.42 Å². The fourth-order valence-electron chi connectivity index (χ4n) is 1.22. The summed E-state index contributed by atoms with van der Waals surface area (Å²) >= 11 is 1.47. The lowest BCUT2D eigenvalue weighted by Crippen LogP contribution is -2.15. The van der Waals surface area contributed by atoms with E-state index >= 15 is 0 Å². The summed E-state index contributed by atoms with van der Waals surface area (Å²) in [5.41, 5.74) is 0. The van der Waals surface area contributed by atoms with Gasteiger partial charge in [-0.2, -0.15) is 0 Å². The average Bonchev–Trinajstić information content (AvgIpc) is 2.65. The number of aromatic nitrogens is 1. The van der Waals surface area contributed by atoms with E-state index in [4.69, 9.17) is 0 Å². The maximum absolute atomic E-state index is 11.7. The van der Waals surface area contributed by atoms with Crippen LogP contribution in [0.4, 0.5) is 0 Å². The summed E-state index contributed by atoms with van der Waals surface area (Å²) in [6, 6.07) is 0. The largest absolute Gasteiger partial charge is 0.312 e. The monoisotopic (exact) mass is 276 g/mol. The van der Waals surface area contributed by atoms with E-state index in [1.54, 1.807) is 20.0 Å². The molecule has 0 fully saturated rings. The standard InChI is InChI=1S/C11H20N2O2S2/c1-4-5-12-6-10-7-13-11(16-10)8-17(14,15)9(2)3/h7,9,12H,4-6,8H2,1-3H3. The number of hydrogen-bond donors (Lipinski definition) is 1. The first kappa shape index (κ1) is 14.6. The van der Waals surface area contributed by atoms with Crippen LogP contribution in [0.1, 0.15) is 37.1 Å². The first-order valence-corrected chi connectivity index (χ1v) is 8.34. The Kier molecular flexibility index (Phi) is 5.55. The average molecular weight is 276 g/mol. The third-order valence-corrected chi connectivity index (χ3v) is 5.66. The van der Waals surface area contributed by atoms with Gasteiger partial charge in [0, 0.05) is 17.6 Å². The molecule has 1 heterocycles. The third-order valence-electron chi connectivity index (χ3n) is 2.37. The second-order valence-corrected chi connectivity index (χ2v) is 8.01. The Bertz CT molecular complexity index is 438. The Morgan fingerprint density at radius 1 is 1.47 bits per heavy atom. The summed E-state index contributed by atoms with van der Waals surface area (Å²) in [6.07, 6.45) is 2.85. The minimum absolute atomic E-state index is 0.0586. The van der Waals surface area contributed by atoms with Gasteiger partial charge >= 0.3 is 0 Å². The smallest absolute Gasteiger partial charge is 0.159 e. The molecule has 0 aliphatic heterocycles. The molecule has 0 radical (unpaired) electrons. The predicted octanol–water partition coefficient (Wildman–Crippen LogP) is 1.97. The molecule has 1 aromatic rings. The van der Waals surface area contributed by atoms with E-state index in [0.29, 0.717) is 5.01 Å². The second kappa shape index (κ2) is 6.47. The SMILES string of the molecule is CCCNCc1cnc(CS(=O)(=O)C(C)C)s1. The molecule has 1 N–H and O–H groups in total. The molecule has 0 aliphatic rings. The number of nitrogens with zero attached hydrogens (tertiary/aromatic N) is 1. The third kappa shape index (κ3) is 4.73. The summed E-state index contributed by atoms with van der Waals surface area (Å²) in [6.45, 7) is 7.25. The Labute approximate surface area is 107 Å². The molecule has 0 amide bonds. The van der Waals surface area contributed by atoms with Crippen molar-refractivity contribution in [2.75, 3.05) is 6.54 Å². The van der Waals surface area contributed by atoms with Crippen LogP contribution in [-0.2, 0) is 22.1 Å². The molecule has 0 saturated carbocycles. The lowest BCUT2D eigenvalue weighted by atomic mass is 10.4. The van der Waals surface area contributed by atoms with E-state index in [-0.39, 0.29) is 11.0 Å². The molecule has 4 nitrogen and oxygen atoms in total. The van der Waals surface area contributed by atoms with Crippen LogP contribution < -0.4 is 5.32 Å². The Hall–Kier alpha value is -0.460. The van der Waals surface area contributed by atoms with Crippen molar-refractivity contribution >= 4 is 21.2 Å². The normalized spacial score (nSPS) is 12.2. The highest BCUT2D eigenvalue weighted by atomic mass is 32.2. The van der Waals surface area contributed by atoms with Gasteiger partial charge in [-0.3, -0.25) is 0 Å². The van der Waals surface area contributed by atoms with E-state index < -0.39 is 9.84 Å². The number of rotatable bonds is 7. The van der Waals surface area contributed by atoms with E-state index in [0.717, 1.165) is 24.4 Å². The molecule has 0 saturated heterocycles. The number of sulfone groups is 1. The Morgan fingerprint density at radius 3 is 2.76 bits per heavy atom. The summed E-state index contributed by atoms with van der Waals surface area (Å²) in [7, 11) is -3.04. The maximum Gasteiger partial charge on any atom is 0.159 e. The van der Waals surface area contributed by atoms with Crippen molar-refractivity contribution in [1.29, 1.82) is 0 Å². The number of hydrogen-bond acceptors (Lipinski definition) is 5. The van der Waals surface area contributed by atoms with Crippen LogP contribution in [0.2, 0.25) is 0 Å². The molecular weight excluding hydrogens is 256 g/mol. The first-order chi connectivity index (χ1) is 7.95. The topological polar surface area (TPSA) is 59.1 Å². The zero-order valence-corrected chi connectivity index (χ0v) is 12.2. The highest BCUT2D eigenvalue weighted by molar-refractivity contribution is 7.91. The van der Waals surface area contributed by atoms with Crippen molar-refractivity contribution in [2.45, 2.75) is 44.7 Å². The van der Waals surface area contributed by atoms with E-state index in [9.17, 15) is 8.42 Å². The van der Waals surface area contributed by atoms with E-state index in [1.807, 2.05) is 0 Å². The fraction of sp³-hybridized carbons (Fsp3) is 0.727. The van der Waals surface area contributed by atoms with Gasteiger partial charge in [0.05, 0.1) is 5.25 Å². The van der Waals surface area contributed by atoms with Crippen LogP contribution in [0.15, 0.2) is 6.20 Å². The van der Waals surface area contributed by atoms with Crippen molar-refractivity contribution in [3.63, 3.8) is 0 Å². The summed E-state index contributed by atoms with van der Waals surface area (Å²) < 4.78 is 23.4. The van der Waals surface area contributed by atoms with E-state index in [2.05, 4.69) is 17.2 Å². The fourth-order valence-corrected chi connectivity index (χ4v) is 3.39. The first-order valence-electron chi connectivity index (χ1n) is 5.81. The number of nitrogens with one attached hydrogen (secondary N) is 1. The van der Waals surface area contributed by atoms with Gasteiger partial charge in [-0.25, -0.2) is 13.4 Å². The second-order valence-electron chi connectivity index (χ2n) is 4.25. The zero-order valence-electron chi connectivity index (χ0n) is 10.6. The Morgan fingerprint density at radius 2 is 2.18 bits per heavy atom. The van der Waals surface area contributed by atoms with Crippen molar-refractivity contribution in [2.24, 2.45) is 0 Å². The van der Waals surface area contributed by atoms with Crippen LogP contribution in [0.5, 0.6) is 0 Å². The molecule has 0 spiro atoms. The quantitative estimate of drug-likeness (QED) is 0.774. The highest BCUT2D eigenvalue weighted by Gasteiger charge is 2.18. The molecule has 17 heavy (non-hydrogen) atoms. The Balaban J connectivity index is 2.57. The molecular formula is C11H20N2O2S2. The van der Waals surface area contributed by atoms with Crippen LogP contribution in [0.25, 0.3) is 0 Å². The van der Waals surface area contributed by atoms with Gasteiger partial charge in [0.25, 0.3) is 0 Å². The molecule has 0 aromatic carbocycles. The van der Waals surface area contributed by atoms with Crippen LogP contribution in [0, 0.1) is 0 Å². The highest BCUT2D eigenvalue weighted by Crippen LogP contribution is 2.17. The van der Waals surface area contributed by atoms with Crippen LogP contribution >= 0.6 is 11.3 Å². The predicted molar refractivity (Wildman–Crippen MR) is 71.9 cm³/mol. The molecule has 0 bridgehead atoms. The van der Waals surface area contributed by atoms with Gasteiger partial charge < -0.3 is 5.32 Å². The van der Waals surface area contributed by atoms with E-state index in [1.165, 1.54) is 11.3 Å². The molecule has 98 valence electrons. The summed E-state index contributed by atoms with van der Waals surface area (Å²) in [5, 5.41) is 3.62.